The molecule has 1 rings (SSSR count). The van der Waals surface area contributed by atoms with Crippen LogP contribution in [0.15, 0.2) is 24.3 Å². The maximum absolute atomic E-state index is 12.2. The molecule has 1 aromatic carbocycles. The molecule has 0 aliphatic carbocycles. The number of anilines is 1. The first-order valence-corrected chi connectivity index (χ1v) is 8.81. The number of rotatable bonds is 11. The molecule has 0 aliphatic rings. The molecule has 0 unspecified atom stereocenters. The smallest absolute Gasteiger partial charge is 0.241 e. The zero-order valence-electron chi connectivity index (χ0n) is 15.1. The Balaban J connectivity index is 2.40. The minimum Gasteiger partial charge on any atom is -0.494 e. The zero-order valence-corrected chi connectivity index (χ0v) is 15.1. The Kier molecular flexibility index (Phi) is 9.18. The molecule has 0 atom stereocenters. The standard InChI is InChI=1S/C19H32N2O2/c1-5-12-21(13-6-2)19(22)15-20-17-7-9-18(10-8-17)23-14-11-16(3)4/h7-10,16,20H,5-6,11-15H2,1-4H3. The van der Waals surface area contributed by atoms with Crippen LogP contribution in [-0.4, -0.2) is 37.0 Å². The van der Waals surface area contributed by atoms with Crippen LogP contribution in [0.2, 0.25) is 0 Å². The Morgan fingerprint density at radius 1 is 1.13 bits per heavy atom. The van der Waals surface area contributed by atoms with Crippen LogP contribution in [0, 0.1) is 5.92 Å². The minimum atomic E-state index is 0.158. The maximum Gasteiger partial charge on any atom is 0.241 e. The third-order valence-electron chi connectivity index (χ3n) is 3.60. The average molecular weight is 320 g/mol. The molecule has 0 saturated carbocycles. The van der Waals surface area contributed by atoms with Gasteiger partial charge < -0.3 is 15.0 Å². The van der Waals surface area contributed by atoms with Crippen LogP contribution >= 0.6 is 0 Å². The molecule has 0 fully saturated rings. The van der Waals surface area contributed by atoms with Gasteiger partial charge in [0.2, 0.25) is 5.91 Å². The van der Waals surface area contributed by atoms with E-state index >= 15 is 0 Å². The first-order valence-electron chi connectivity index (χ1n) is 8.81. The number of carbonyl (C=O) groups excluding carboxylic acids is 1. The highest BCUT2D eigenvalue weighted by Gasteiger charge is 2.11. The minimum absolute atomic E-state index is 0.158. The van der Waals surface area contributed by atoms with E-state index in [9.17, 15) is 4.79 Å². The summed E-state index contributed by atoms with van der Waals surface area (Å²) in [6, 6.07) is 7.82. The maximum atomic E-state index is 12.2. The number of hydrogen-bond donors (Lipinski definition) is 1. The van der Waals surface area contributed by atoms with Gasteiger partial charge in [-0.2, -0.15) is 0 Å². The van der Waals surface area contributed by atoms with Gasteiger partial charge in [0.15, 0.2) is 0 Å². The van der Waals surface area contributed by atoms with Crippen LogP contribution in [0.25, 0.3) is 0 Å². The van der Waals surface area contributed by atoms with Crippen molar-refractivity contribution >= 4 is 11.6 Å². The Hall–Kier alpha value is -1.71. The molecule has 0 saturated heterocycles. The highest BCUT2D eigenvalue weighted by atomic mass is 16.5. The fourth-order valence-electron chi connectivity index (χ4n) is 2.27. The van der Waals surface area contributed by atoms with E-state index in [2.05, 4.69) is 33.0 Å². The highest BCUT2D eigenvalue weighted by molar-refractivity contribution is 5.80. The van der Waals surface area contributed by atoms with Gasteiger partial charge in [-0.05, 0) is 49.4 Å². The Labute approximate surface area is 141 Å². The number of nitrogens with zero attached hydrogens (tertiary/aromatic N) is 1. The van der Waals surface area contributed by atoms with E-state index in [0.717, 1.165) is 50.4 Å². The Morgan fingerprint density at radius 2 is 1.74 bits per heavy atom. The number of carbonyl (C=O) groups is 1. The largest absolute Gasteiger partial charge is 0.494 e. The fourth-order valence-corrected chi connectivity index (χ4v) is 2.27. The third-order valence-corrected chi connectivity index (χ3v) is 3.60. The van der Waals surface area contributed by atoms with Crippen molar-refractivity contribution in [1.29, 1.82) is 0 Å². The van der Waals surface area contributed by atoms with Crippen molar-refractivity contribution < 1.29 is 9.53 Å². The van der Waals surface area contributed by atoms with E-state index in [1.54, 1.807) is 0 Å². The summed E-state index contributed by atoms with van der Waals surface area (Å²) in [5.41, 5.74) is 0.947. The predicted molar refractivity (Wildman–Crippen MR) is 97.0 cm³/mol. The Morgan fingerprint density at radius 3 is 2.26 bits per heavy atom. The van der Waals surface area contributed by atoms with Crippen LogP contribution in [0.3, 0.4) is 0 Å². The molecule has 0 aliphatic heterocycles. The second-order valence-corrected chi connectivity index (χ2v) is 6.29. The molecule has 1 amide bonds. The molecule has 0 bridgehead atoms. The van der Waals surface area contributed by atoms with Crippen molar-refractivity contribution in [3.63, 3.8) is 0 Å². The van der Waals surface area contributed by atoms with Crippen LogP contribution in [-0.2, 0) is 4.79 Å². The normalized spacial score (nSPS) is 10.7. The van der Waals surface area contributed by atoms with Crippen LogP contribution < -0.4 is 10.1 Å². The SMILES string of the molecule is CCCN(CCC)C(=O)CNc1ccc(OCCC(C)C)cc1. The molecule has 130 valence electrons. The van der Waals surface area contributed by atoms with Crippen LogP contribution in [0.5, 0.6) is 5.75 Å². The second kappa shape index (κ2) is 10.9. The van der Waals surface area contributed by atoms with E-state index in [-0.39, 0.29) is 5.91 Å². The molecule has 0 aromatic heterocycles. The van der Waals surface area contributed by atoms with Gasteiger partial charge in [-0.15, -0.1) is 0 Å². The van der Waals surface area contributed by atoms with Gasteiger partial charge in [-0.25, -0.2) is 0 Å². The third kappa shape index (κ3) is 7.91. The van der Waals surface area contributed by atoms with E-state index in [4.69, 9.17) is 4.74 Å². The van der Waals surface area contributed by atoms with Crippen molar-refractivity contribution in [2.75, 3.05) is 31.6 Å². The lowest BCUT2D eigenvalue weighted by Gasteiger charge is -2.21. The van der Waals surface area contributed by atoms with Gasteiger partial charge in [-0.1, -0.05) is 27.7 Å². The summed E-state index contributed by atoms with van der Waals surface area (Å²) < 4.78 is 5.70. The van der Waals surface area contributed by atoms with E-state index in [0.29, 0.717) is 12.5 Å². The molecule has 0 spiro atoms. The number of benzene rings is 1. The van der Waals surface area contributed by atoms with Crippen molar-refractivity contribution in [2.24, 2.45) is 5.92 Å². The summed E-state index contributed by atoms with van der Waals surface area (Å²) in [5.74, 6) is 1.68. The van der Waals surface area contributed by atoms with Gasteiger partial charge in [0.25, 0.3) is 0 Å². The van der Waals surface area contributed by atoms with Crippen molar-refractivity contribution in [3.8, 4) is 5.75 Å². The summed E-state index contributed by atoms with van der Waals surface area (Å²) in [7, 11) is 0. The van der Waals surface area contributed by atoms with Gasteiger partial charge in [0.1, 0.15) is 5.75 Å². The lowest BCUT2D eigenvalue weighted by molar-refractivity contribution is -0.129. The number of nitrogens with one attached hydrogen (secondary N) is 1. The molecule has 0 heterocycles. The summed E-state index contributed by atoms with van der Waals surface area (Å²) in [5, 5.41) is 3.20. The summed E-state index contributed by atoms with van der Waals surface area (Å²) in [4.78, 5) is 14.1. The number of ether oxygens (including phenoxy) is 1. The first-order chi connectivity index (χ1) is 11.1. The summed E-state index contributed by atoms with van der Waals surface area (Å²) in [6.07, 6.45) is 3.04. The molecule has 4 heteroatoms. The average Bonchev–Trinajstić information content (AvgIpc) is 2.53. The Bertz CT molecular complexity index is 437. The highest BCUT2D eigenvalue weighted by Crippen LogP contribution is 2.16. The number of amides is 1. The summed E-state index contributed by atoms with van der Waals surface area (Å²) >= 11 is 0. The summed E-state index contributed by atoms with van der Waals surface area (Å²) in [6.45, 7) is 11.3. The zero-order chi connectivity index (χ0) is 17.1. The monoisotopic (exact) mass is 320 g/mol. The molecular weight excluding hydrogens is 288 g/mol. The molecule has 0 radical (unpaired) electrons. The van der Waals surface area contributed by atoms with E-state index in [1.165, 1.54) is 0 Å². The van der Waals surface area contributed by atoms with Crippen molar-refractivity contribution in [3.05, 3.63) is 24.3 Å². The van der Waals surface area contributed by atoms with Gasteiger partial charge in [-0.3, -0.25) is 4.79 Å². The van der Waals surface area contributed by atoms with Gasteiger partial charge >= 0.3 is 0 Å². The molecule has 1 N–H and O–H groups in total. The first kappa shape index (κ1) is 19.3. The van der Waals surface area contributed by atoms with Crippen LogP contribution in [0.1, 0.15) is 47.0 Å². The number of hydrogen-bond acceptors (Lipinski definition) is 3. The topological polar surface area (TPSA) is 41.6 Å². The van der Waals surface area contributed by atoms with E-state index in [1.807, 2.05) is 29.2 Å². The van der Waals surface area contributed by atoms with Gasteiger partial charge in [0.05, 0.1) is 13.2 Å². The second-order valence-electron chi connectivity index (χ2n) is 6.29. The predicted octanol–water partition coefficient (Wildman–Crippen LogP) is 4.17. The lowest BCUT2D eigenvalue weighted by Crippen LogP contribution is -2.36. The van der Waals surface area contributed by atoms with Gasteiger partial charge in [0, 0.05) is 18.8 Å². The lowest BCUT2D eigenvalue weighted by atomic mass is 10.1. The fraction of sp³-hybridized carbons (Fsp3) is 0.632. The molecule has 4 nitrogen and oxygen atoms in total. The quantitative estimate of drug-likeness (QED) is 0.665. The van der Waals surface area contributed by atoms with Crippen molar-refractivity contribution in [1.82, 2.24) is 4.90 Å². The van der Waals surface area contributed by atoms with Crippen LogP contribution in [0.4, 0.5) is 5.69 Å². The molecular formula is C19H32N2O2. The van der Waals surface area contributed by atoms with E-state index < -0.39 is 0 Å². The molecule has 23 heavy (non-hydrogen) atoms. The van der Waals surface area contributed by atoms with Crippen molar-refractivity contribution in [2.45, 2.75) is 47.0 Å². The molecule has 1 aromatic rings.